The summed E-state index contributed by atoms with van der Waals surface area (Å²) in [5.74, 6) is 0. The van der Waals surface area contributed by atoms with Gasteiger partial charge in [0.1, 0.15) is 0 Å². The van der Waals surface area contributed by atoms with Crippen molar-refractivity contribution in [3.05, 3.63) is 16.7 Å². The second kappa shape index (κ2) is 5.47. The highest BCUT2D eigenvalue weighted by Crippen LogP contribution is 2.02. The fourth-order valence-corrected chi connectivity index (χ4v) is 1.83. The van der Waals surface area contributed by atoms with Crippen LogP contribution in [0.5, 0.6) is 0 Å². The maximum absolute atomic E-state index is 5.21. The number of H-pyrrole nitrogens is 1. The van der Waals surface area contributed by atoms with Gasteiger partial charge in [-0.25, -0.2) is 0 Å². The summed E-state index contributed by atoms with van der Waals surface area (Å²) in [6, 6.07) is 0.638. The molecule has 1 aromatic rings. The molecule has 1 heterocycles. The first kappa shape index (κ1) is 12.5. The second-order valence-corrected chi connectivity index (χ2v) is 4.56. The molecule has 0 aromatic carbocycles. The molecule has 0 spiro atoms. The largest absolute Gasteiger partial charge is 0.335 e. The Morgan fingerprint density at radius 1 is 1.60 bits per heavy atom. The average Bonchev–Trinajstić information content (AvgIpc) is 2.52. The summed E-state index contributed by atoms with van der Waals surface area (Å²) in [4.78, 5) is 5.50. The highest BCUT2D eigenvalue weighted by Gasteiger charge is 2.06. The molecule has 86 valence electrons. The number of rotatable bonds is 5. The molecule has 1 aromatic heterocycles. The van der Waals surface area contributed by atoms with E-state index in [2.05, 4.69) is 41.5 Å². The number of hydrogen-bond acceptors (Lipinski definition) is 2. The first-order valence-corrected chi connectivity index (χ1v) is 5.91. The molecule has 0 aliphatic rings. The van der Waals surface area contributed by atoms with Crippen LogP contribution in [0.3, 0.4) is 0 Å². The maximum Gasteiger partial charge on any atom is 0.177 e. The maximum atomic E-state index is 5.21. The summed E-state index contributed by atoms with van der Waals surface area (Å²) >= 11 is 5.21. The van der Waals surface area contributed by atoms with Gasteiger partial charge in [0.05, 0.1) is 0 Å². The van der Waals surface area contributed by atoms with Crippen LogP contribution in [0.4, 0.5) is 0 Å². The molecule has 0 amide bonds. The molecule has 1 rings (SSSR count). The van der Waals surface area contributed by atoms with Gasteiger partial charge in [-0.3, -0.25) is 0 Å². The third kappa shape index (κ3) is 3.47. The standard InChI is InChI=1S/C11H21N3S/c1-5-10(3)13(4)6-7-14-8-9(2)12-11(14)15/h8,10H,5-7H2,1-4H3,(H,12,15). The smallest absolute Gasteiger partial charge is 0.177 e. The summed E-state index contributed by atoms with van der Waals surface area (Å²) in [5, 5.41) is 0. The van der Waals surface area contributed by atoms with E-state index < -0.39 is 0 Å². The number of aromatic nitrogens is 2. The molecule has 4 heteroatoms. The highest BCUT2D eigenvalue weighted by atomic mass is 32.1. The van der Waals surface area contributed by atoms with Gasteiger partial charge in [-0.1, -0.05) is 6.92 Å². The number of hydrogen-bond donors (Lipinski definition) is 1. The Morgan fingerprint density at radius 2 is 2.27 bits per heavy atom. The lowest BCUT2D eigenvalue weighted by molar-refractivity contribution is 0.242. The van der Waals surface area contributed by atoms with E-state index in [-0.39, 0.29) is 0 Å². The van der Waals surface area contributed by atoms with E-state index in [1.54, 1.807) is 0 Å². The van der Waals surface area contributed by atoms with E-state index >= 15 is 0 Å². The normalized spacial score (nSPS) is 13.4. The number of imidazole rings is 1. The van der Waals surface area contributed by atoms with Gasteiger partial charge in [-0.15, -0.1) is 0 Å². The molecule has 0 fully saturated rings. The van der Waals surface area contributed by atoms with E-state index in [9.17, 15) is 0 Å². The molecule has 1 unspecified atom stereocenters. The number of nitrogens with zero attached hydrogens (tertiary/aromatic N) is 2. The molecule has 0 radical (unpaired) electrons. The number of aromatic amines is 1. The van der Waals surface area contributed by atoms with Gasteiger partial charge in [-0.05, 0) is 39.5 Å². The van der Waals surface area contributed by atoms with E-state index in [4.69, 9.17) is 12.2 Å². The first-order valence-electron chi connectivity index (χ1n) is 5.51. The Labute approximate surface area is 97.1 Å². The molecule has 1 N–H and O–H groups in total. The van der Waals surface area contributed by atoms with Crippen molar-refractivity contribution in [2.75, 3.05) is 13.6 Å². The third-order valence-electron chi connectivity index (χ3n) is 2.95. The minimum absolute atomic E-state index is 0.638. The molecule has 0 saturated carbocycles. The lowest BCUT2D eigenvalue weighted by Gasteiger charge is -2.23. The summed E-state index contributed by atoms with van der Waals surface area (Å²) in [6.45, 7) is 8.50. The fraction of sp³-hybridized carbons (Fsp3) is 0.727. The summed E-state index contributed by atoms with van der Waals surface area (Å²) in [5.41, 5.74) is 1.13. The van der Waals surface area contributed by atoms with Crippen LogP contribution < -0.4 is 0 Å². The molecule has 0 aliphatic carbocycles. The minimum atomic E-state index is 0.638. The highest BCUT2D eigenvalue weighted by molar-refractivity contribution is 7.71. The molecule has 3 nitrogen and oxygen atoms in total. The Morgan fingerprint density at radius 3 is 2.73 bits per heavy atom. The van der Waals surface area contributed by atoms with Gasteiger partial charge in [0.15, 0.2) is 4.77 Å². The summed E-state index contributed by atoms with van der Waals surface area (Å²) < 4.78 is 2.92. The fourth-order valence-electron chi connectivity index (χ4n) is 1.53. The molecule has 0 aliphatic heterocycles. The van der Waals surface area contributed by atoms with Crippen LogP contribution in [-0.2, 0) is 6.54 Å². The van der Waals surface area contributed by atoms with Crippen LogP contribution in [0.25, 0.3) is 0 Å². The van der Waals surface area contributed by atoms with Gasteiger partial charge < -0.3 is 14.5 Å². The van der Waals surface area contributed by atoms with Gasteiger partial charge >= 0.3 is 0 Å². The zero-order chi connectivity index (χ0) is 11.4. The van der Waals surface area contributed by atoms with Crippen LogP contribution in [0.2, 0.25) is 0 Å². The average molecular weight is 227 g/mol. The van der Waals surface area contributed by atoms with Gasteiger partial charge in [-0.2, -0.15) is 0 Å². The predicted molar refractivity (Wildman–Crippen MR) is 66.7 cm³/mol. The molecule has 1 atom stereocenters. The van der Waals surface area contributed by atoms with Gasteiger partial charge in [0.25, 0.3) is 0 Å². The summed E-state index contributed by atoms with van der Waals surface area (Å²) in [6.07, 6.45) is 3.26. The Bertz CT molecular complexity index is 353. The first-order chi connectivity index (χ1) is 7.04. The van der Waals surface area contributed by atoms with Crippen molar-refractivity contribution in [1.82, 2.24) is 14.5 Å². The number of aryl methyl sites for hydroxylation is 1. The Balaban J connectivity index is 2.50. The lowest BCUT2D eigenvalue weighted by Crippen LogP contribution is -2.31. The van der Waals surface area contributed by atoms with Crippen LogP contribution in [0.15, 0.2) is 6.20 Å². The van der Waals surface area contributed by atoms with Gasteiger partial charge in [0, 0.05) is 31.0 Å². The predicted octanol–water partition coefficient (Wildman–Crippen LogP) is 2.58. The minimum Gasteiger partial charge on any atom is -0.335 e. The second-order valence-electron chi connectivity index (χ2n) is 4.17. The summed E-state index contributed by atoms with van der Waals surface area (Å²) in [7, 11) is 2.16. The molecular formula is C11H21N3S. The van der Waals surface area contributed by atoms with Crippen LogP contribution in [-0.4, -0.2) is 34.1 Å². The van der Waals surface area contributed by atoms with Crippen molar-refractivity contribution in [3.63, 3.8) is 0 Å². The van der Waals surface area contributed by atoms with Crippen LogP contribution >= 0.6 is 12.2 Å². The quantitative estimate of drug-likeness (QED) is 0.782. The SMILES string of the molecule is CCC(C)N(C)CCn1cc(C)[nH]c1=S. The number of likely N-dealkylation sites (N-methyl/N-ethyl adjacent to an activating group) is 1. The van der Waals surface area contributed by atoms with E-state index in [0.29, 0.717) is 6.04 Å². The van der Waals surface area contributed by atoms with Crippen molar-refractivity contribution in [2.45, 2.75) is 39.8 Å². The number of nitrogens with one attached hydrogen (secondary N) is 1. The molecule has 0 bridgehead atoms. The van der Waals surface area contributed by atoms with Gasteiger partial charge in [0.2, 0.25) is 0 Å². The molecule has 0 saturated heterocycles. The Kier molecular flexibility index (Phi) is 4.54. The monoisotopic (exact) mass is 227 g/mol. The zero-order valence-electron chi connectivity index (χ0n) is 10.1. The lowest BCUT2D eigenvalue weighted by atomic mass is 10.2. The van der Waals surface area contributed by atoms with Crippen molar-refractivity contribution in [1.29, 1.82) is 0 Å². The van der Waals surface area contributed by atoms with E-state index in [0.717, 1.165) is 23.6 Å². The molecular weight excluding hydrogens is 206 g/mol. The zero-order valence-corrected chi connectivity index (χ0v) is 10.9. The molecule has 15 heavy (non-hydrogen) atoms. The Hall–Kier alpha value is -0.610. The van der Waals surface area contributed by atoms with Crippen molar-refractivity contribution in [2.24, 2.45) is 0 Å². The topological polar surface area (TPSA) is 24.0 Å². The third-order valence-corrected chi connectivity index (χ3v) is 3.29. The van der Waals surface area contributed by atoms with E-state index in [1.807, 2.05) is 6.92 Å². The van der Waals surface area contributed by atoms with Crippen molar-refractivity contribution in [3.8, 4) is 0 Å². The van der Waals surface area contributed by atoms with Crippen LogP contribution in [0.1, 0.15) is 26.0 Å². The van der Waals surface area contributed by atoms with Crippen molar-refractivity contribution >= 4 is 12.2 Å². The van der Waals surface area contributed by atoms with Crippen LogP contribution in [0, 0.1) is 11.7 Å². The van der Waals surface area contributed by atoms with Crippen molar-refractivity contribution < 1.29 is 0 Å². The van der Waals surface area contributed by atoms with E-state index in [1.165, 1.54) is 6.42 Å².